The number of aliphatic imine (C=N–C) groups is 2. The Morgan fingerprint density at radius 1 is 1.14 bits per heavy atom. The standard InChI is InChI=1S/C22H17ClF3N3/c23-19-10-8-17-20(28-19)21-14(12-27-17)7-9-18(13-3-1-4-13)29(21)16-6-2-5-15(11-16)22(24,25)26/h2,5-7,9-12,17H,1,3-4,8H2. The molecule has 7 heteroatoms. The third-order valence-corrected chi connectivity index (χ3v) is 5.84. The quantitative estimate of drug-likeness (QED) is 0.505. The number of nitrogens with zero attached hydrogens (tertiary/aromatic N) is 3. The van der Waals surface area contributed by atoms with Gasteiger partial charge in [-0.2, -0.15) is 13.2 Å². The fourth-order valence-electron chi connectivity index (χ4n) is 3.98. The molecule has 5 rings (SSSR count). The van der Waals surface area contributed by atoms with E-state index < -0.39 is 11.7 Å². The molecule has 1 fully saturated rings. The van der Waals surface area contributed by atoms with Gasteiger partial charge in [-0.1, -0.05) is 17.7 Å². The minimum Gasteiger partial charge on any atom is -0.308 e. The number of alkyl halides is 3. The fourth-order valence-corrected chi connectivity index (χ4v) is 4.16. The number of hydrogen-bond donors (Lipinski definition) is 0. The summed E-state index contributed by atoms with van der Waals surface area (Å²) in [6.45, 7) is 0. The Hall–Kier alpha value is -2.60. The zero-order valence-corrected chi connectivity index (χ0v) is 16.1. The Bertz CT molecular complexity index is 1070. The summed E-state index contributed by atoms with van der Waals surface area (Å²) in [5.74, 6) is 0. The van der Waals surface area contributed by atoms with Crippen LogP contribution in [0.25, 0.3) is 0 Å². The Morgan fingerprint density at radius 3 is 2.69 bits per heavy atom. The number of dihydropyridines is 1. The predicted molar refractivity (Wildman–Crippen MR) is 109 cm³/mol. The summed E-state index contributed by atoms with van der Waals surface area (Å²) in [5.41, 5.74) is 4.26. The van der Waals surface area contributed by atoms with Crippen molar-refractivity contribution in [2.24, 2.45) is 9.98 Å². The van der Waals surface area contributed by atoms with Crippen LogP contribution in [0.2, 0.25) is 0 Å². The zero-order valence-electron chi connectivity index (χ0n) is 15.4. The number of fused-ring (bicyclic) bond motifs is 2. The molecule has 3 heterocycles. The lowest BCUT2D eigenvalue weighted by atomic mass is 9.86. The molecule has 0 aromatic heterocycles. The van der Waals surface area contributed by atoms with E-state index in [4.69, 9.17) is 11.6 Å². The highest BCUT2D eigenvalue weighted by molar-refractivity contribution is 6.31. The lowest BCUT2D eigenvalue weighted by Crippen LogP contribution is -2.39. The number of halogens is 4. The van der Waals surface area contributed by atoms with Crippen molar-refractivity contribution in [1.29, 1.82) is 0 Å². The molecular formula is C22H17ClF3N3. The third kappa shape index (κ3) is 3.15. The van der Waals surface area contributed by atoms with E-state index in [1.807, 2.05) is 23.1 Å². The SMILES string of the molecule is FC(F)(F)c1cccc(N2C(=C3CCC3)C=CC3=C2C2=NC(Cl)=CCC2N=C3)c1. The lowest BCUT2D eigenvalue weighted by molar-refractivity contribution is -0.137. The fraction of sp³-hybridized carbons (Fsp3) is 0.273. The molecule has 1 saturated carbocycles. The van der Waals surface area contributed by atoms with Crippen LogP contribution in [-0.4, -0.2) is 18.0 Å². The number of benzene rings is 1. The molecule has 29 heavy (non-hydrogen) atoms. The third-order valence-electron chi connectivity index (χ3n) is 5.60. The largest absolute Gasteiger partial charge is 0.416 e. The lowest BCUT2D eigenvalue weighted by Gasteiger charge is -2.39. The van der Waals surface area contributed by atoms with Crippen molar-refractivity contribution in [3.05, 3.63) is 75.8 Å². The van der Waals surface area contributed by atoms with E-state index in [-0.39, 0.29) is 6.04 Å². The van der Waals surface area contributed by atoms with Gasteiger partial charge in [-0.3, -0.25) is 4.99 Å². The van der Waals surface area contributed by atoms with Gasteiger partial charge in [0.15, 0.2) is 0 Å². The highest BCUT2D eigenvalue weighted by Gasteiger charge is 2.36. The second kappa shape index (κ2) is 6.73. The van der Waals surface area contributed by atoms with Crippen molar-refractivity contribution in [3.63, 3.8) is 0 Å². The van der Waals surface area contributed by atoms with Gasteiger partial charge in [0, 0.05) is 23.2 Å². The van der Waals surface area contributed by atoms with E-state index in [9.17, 15) is 13.2 Å². The average molecular weight is 416 g/mol. The molecular weight excluding hydrogens is 399 g/mol. The van der Waals surface area contributed by atoms with Crippen LogP contribution in [0.5, 0.6) is 0 Å². The number of rotatable bonds is 1. The van der Waals surface area contributed by atoms with Crippen LogP contribution in [0, 0.1) is 0 Å². The van der Waals surface area contributed by atoms with Crippen molar-refractivity contribution < 1.29 is 13.2 Å². The molecule has 1 atom stereocenters. The summed E-state index contributed by atoms with van der Waals surface area (Å²) < 4.78 is 40.2. The maximum absolute atomic E-state index is 13.4. The summed E-state index contributed by atoms with van der Waals surface area (Å²) in [6, 6.07) is 5.27. The molecule has 0 bridgehead atoms. The molecule has 0 N–H and O–H groups in total. The first-order valence-electron chi connectivity index (χ1n) is 9.51. The van der Waals surface area contributed by atoms with Gasteiger partial charge in [0.1, 0.15) is 5.16 Å². The highest BCUT2D eigenvalue weighted by Crippen LogP contribution is 2.42. The van der Waals surface area contributed by atoms with Crippen LogP contribution in [0.1, 0.15) is 31.2 Å². The minimum absolute atomic E-state index is 0.177. The first-order valence-corrected chi connectivity index (χ1v) is 9.89. The van der Waals surface area contributed by atoms with E-state index in [1.54, 1.807) is 12.3 Å². The molecule has 3 nitrogen and oxygen atoms in total. The second-order valence-electron chi connectivity index (χ2n) is 7.42. The van der Waals surface area contributed by atoms with Crippen molar-refractivity contribution in [2.75, 3.05) is 4.90 Å². The molecule has 0 spiro atoms. The molecule has 0 amide bonds. The Labute approximate surface area is 171 Å². The molecule has 0 radical (unpaired) electrons. The number of anilines is 1. The van der Waals surface area contributed by atoms with Gasteiger partial charge in [-0.25, -0.2) is 4.99 Å². The van der Waals surface area contributed by atoms with Crippen LogP contribution >= 0.6 is 11.6 Å². The topological polar surface area (TPSA) is 28.0 Å². The molecule has 148 valence electrons. The predicted octanol–water partition coefficient (Wildman–Crippen LogP) is 6.15. The van der Waals surface area contributed by atoms with E-state index in [2.05, 4.69) is 9.98 Å². The molecule has 4 aliphatic rings. The summed E-state index contributed by atoms with van der Waals surface area (Å²) >= 11 is 6.19. The summed E-state index contributed by atoms with van der Waals surface area (Å²) in [6.07, 6.45) is 6.74. The van der Waals surface area contributed by atoms with E-state index in [0.29, 0.717) is 23.0 Å². The number of allylic oxidation sites excluding steroid dienone is 4. The molecule has 0 saturated heterocycles. The van der Waals surface area contributed by atoms with Crippen LogP contribution in [0.3, 0.4) is 0 Å². The maximum atomic E-state index is 13.4. The first kappa shape index (κ1) is 18.4. The first-order chi connectivity index (χ1) is 13.9. The second-order valence-corrected chi connectivity index (χ2v) is 7.80. The monoisotopic (exact) mass is 415 g/mol. The smallest absolute Gasteiger partial charge is 0.308 e. The van der Waals surface area contributed by atoms with Crippen molar-refractivity contribution in [3.8, 4) is 0 Å². The van der Waals surface area contributed by atoms with Crippen LogP contribution in [0.4, 0.5) is 18.9 Å². The minimum atomic E-state index is -4.41. The van der Waals surface area contributed by atoms with Gasteiger partial charge in [-0.05, 0) is 67.7 Å². The van der Waals surface area contributed by atoms with Gasteiger partial charge >= 0.3 is 6.18 Å². The van der Waals surface area contributed by atoms with E-state index >= 15 is 0 Å². The van der Waals surface area contributed by atoms with Crippen molar-refractivity contribution in [2.45, 2.75) is 37.9 Å². The summed E-state index contributed by atoms with van der Waals surface area (Å²) in [5, 5.41) is 0.386. The molecule has 1 unspecified atom stereocenters. The van der Waals surface area contributed by atoms with E-state index in [0.717, 1.165) is 42.3 Å². The van der Waals surface area contributed by atoms with Gasteiger partial charge in [-0.15, -0.1) is 0 Å². The summed E-state index contributed by atoms with van der Waals surface area (Å²) in [4.78, 5) is 11.0. The average Bonchev–Trinajstić information content (AvgIpc) is 2.65. The van der Waals surface area contributed by atoms with Gasteiger partial charge in [0.25, 0.3) is 0 Å². The number of hydrogen-bond acceptors (Lipinski definition) is 3. The Kier molecular flexibility index (Phi) is 4.28. The van der Waals surface area contributed by atoms with Gasteiger partial charge in [0.2, 0.25) is 0 Å². The van der Waals surface area contributed by atoms with Gasteiger partial charge in [0.05, 0.1) is 23.0 Å². The van der Waals surface area contributed by atoms with Crippen molar-refractivity contribution in [1.82, 2.24) is 0 Å². The van der Waals surface area contributed by atoms with Crippen LogP contribution in [-0.2, 0) is 6.18 Å². The molecule has 3 aliphatic heterocycles. The molecule has 1 aliphatic carbocycles. The van der Waals surface area contributed by atoms with Crippen molar-refractivity contribution >= 4 is 29.2 Å². The van der Waals surface area contributed by atoms with E-state index in [1.165, 1.54) is 17.7 Å². The Balaban J connectivity index is 1.71. The normalized spacial score (nSPS) is 23.4. The summed E-state index contributed by atoms with van der Waals surface area (Å²) in [7, 11) is 0. The van der Waals surface area contributed by atoms with Crippen LogP contribution in [0.15, 0.2) is 80.2 Å². The zero-order chi connectivity index (χ0) is 20.2. The highest BCUT2D eigenvalue weighted by atomic mass is 35.5. The van der Waals surface area contributed by atoms with Gasteiger partial charge < -0.3 is 4.90 Å². The molecule has 1 aromatic carbocycles. The molecule has 1 aromatic rings. The van der Waals surface area contributed by atoms with Crippen LogP contribution < -0.4 is 4.90 Å². The maximum Gasteiger partial charge on any atom is 0.416 e. The Morgan fingerprint density at radius 2 is 1.97 bits per heavy atom.